The fourth-order valence-electron chi connectivity index (χ4n) is 9.07. The molecule has 3 heterocycles. The topological polar surface area (TPSA) is 8.17 Å². The Hall–Kier alpha value is -6.68. The monoisotopic (exact) mass is 690 g/mol. The van der Waals surface area contributed by atoms with Gasteiger partial charge in [-0.1, -0.05) is 127 Å². The van der Waals surface area contributed by atoms with Gasteiger partial charge in [0, 0.05) is 53.0 Å². The van der Waals surface area contributed by atoms with Crippen molar-refractivity contribution in [1.29, 1.82) is 0 Å². The number of hydrogen-bond donors (Lipinski definition) is 0. The first kappa shape index (κ1) is 29.0. The van der Waals surface area contributed by atoms with E-state index in [1.54, 1.807) is 0 Å². The summed E-state index contributed by atoms with van der Waals surface area (Å²) in [7, 11) is 0. The van der Waals surface area contributed by atoms with E-state index in [9.17, 15) is 0 Å². The molecule has 0 unspecified atom stereocenters. The van der Waals surface area contributed by atoms with Crippen LogP contribution >= 0.6 is 11.3 Å². The van der Waals surface area contributed by atoms with E-state index in [1.807, 2.05) is 11.3 Å². The van der Waals surface area contributed by atoms with Crippen LogP contribution in [0, 0.1) is 0 Å². The summed E-state index contributed by atoms with van der Waals surface area (Å²) < 4.78 is 5.08. The Labute approximate surface area is 310 Å². The molecule has 11 aromatic rings. The van der Waals surface area contributed by atoms with Crippen molar-refractivity contribution in [3.63, 3.8) is 0 Å². The molecule has 12 rings (SSSR count). The quantitative estimate of drug-likeness (QED) is 0.179. The molecule has 0 radical (unpaired) electrons. The van der Waals surface area contributed by atoms with Gasteiger partial charge in [-0.15, -0.1) is 11.3 Å². The van der Waals surface area contributed by atoms with Gasteiger partial charge >= 0.3 is 0 Å². The molecule has 0 spiro atoms. The second-order valence-electron chi connectivity index (χ2n) is 14.0. The van der Waals surface area contributed by atoms with Crippen molar-refractivity contribution in [2.75, 3.05) is 4.90 Å². The molecule has 1 aliphatic heterocycles. The summed E-state index contributed by atoms with van der Waals surface area (Å²) in [4.78, 5) is 2.51. The maximum absolute atomic E-state index is 2.51. The molecule has 1 aliphatic rings. The van der Waals surface area contributed by atoms with E-state index in [1.165, 1.54) is 109 Å². The molecule has 2 aromatic heterocycles. The SMILES string of the molecule is c1ccc(N2c3cccc4c(-c5ccc6c(c5)c5ccccc5n6-c5cccc6ccccc56)ccc(c34)-c3ccc4sc5ccccc5c4c32)cc1. The summed E-state index contributed by atoms with van der Waals surface area (Å²) in [5.74, 6) is 0. The van der Waals surface area contributed by atoms with E-state index in [2.05, 4.69) is 191 Å². The molecule has 53 heavy (non-hydrogen) atoms. The molecule has 246 valence electrons. The molecule has 0 bridgehead atoms. The number of aromatic nitrogens is 1. The van der Waals surface area contributed by atoms with Crippen LogP contribution in [0.1, 0.15) is 0 Å². The summed E-state index contributed by atoms with van der Waals surface area (Å²) >= 11 is 1.88. The molecular weight excluding hydrogens is 661 g/mol. The van der Waals surface area contributed by atoms with Gasteiger partial charge in [0.25, 0.3) is 0 Å². The number of fused-ring (bicyclic) bond motifs is 10. The number of para-hydroxylation sites is 2. The fraction of sp³-hybridized carbons (Fsp3) is 0. The van der Waals surface area contributed by atoms with Crippen LogP contribution in [0.3, 0.4) is 0 Å². The second-order valence-corrected chi connectivity index (χ2v) is 15.1. The molecule has 0 saturated carbocycles. The summed E-state index contributed by atoms with van der Waals surface area (Å²) in [6, 6.07) is 67.2. The minimum Gasteiger partial charge on any atom is -0.309 e. The number of rotatable bonds is 3. The van der Waals surface area contributed by atoms with Crippen LogP contribution in [0.2, 0.25) is 0 Å². The molecule has 0 aliphatic carbocycles. The summed E-state index contributed by atoms with van der Waals surface area (Å²) in [5, 5.41) is 10.2. The van der Waals surface area contributed by atoms with E-state index in [4.69, 9.17) is 0 Å². The first-order chi connectivity index (χ1) is 26.3. The Morgan fingerprint density at radius 1 is 0.377 bits per heavy atom. The van der Waals surface area contributed by atoms with Crippen LogP contribution < -0.4 is 4.90 Å². The number of anilines is 3. The van der Waals surface area contributed by atoms with E-state index in [-0.39, 0.29) is 0 Å². The third-order valence-corrected chi connectivity index (χ3v) is 12.4. The summed E-state index contributed by atoms with van der Waals surface area (Å²) in [6.45, 7) is 0. The molecular formula is C50H30N2S. The van der Waals surface area contributed by atoms with E-state index >= 15 is 0 Å². The van der Waals surface area contributed by atoms with Gasteiger partial charge in [0.15, 0.2) is 0 Å². The predicted molar refractivity (Wildman–Crippen MR) is 228 cm³/mol. The molecule has 3 heteroatoms. The van der Waals surface area contributed by atoms with Crippen LogP contribution in [-0.4, -0.2) is 4.57 Å². The van der Waals surface area contributed by atoms with Gasteiger partial charge in [-0.2, -0.15) is 0 Å². The third-order valence-electron chi connectivity index (χ3n) is 11.3. The highest BCUT2D eigenvalue weighted by atomic mass is 32.1. The van der Waals surface area contributed by atoms with E-state index in [0.29, 0.717) is 0 Å². The van der Waals surface area contributed by atoms with Gasteiger partial charge in [0.1, 0.15) is 0 Å². The smallest absolute Gasteiger partial charge is 0.0633 e. The fourth-order valence-corrected chi connectivity index (χ4v) is 10.2. The van der Waals surface area contributed by atoms with Crippen molar-refractivity contribution in [2.45, 2.75) is 0 Å². The molecule has 0 saturated heterocycles. The normalized spacial score (nSPS) is 12.5. The van der Waals surface area contributed by atoms with E-state index < -0.39 is 0 Å². The Balaban J connectivity index is 1.13. The van der Waals surface area contributed by atoms with Gasteiger partial charge in [-0.25, -0.2) is 0 Å². The zero-order valence-electron chi connectivity index (χ0n) is 28.6. The van der Waals surface area contributed by atoms with Crippen LogP contribution in [0.25, 0.3) is 91.5 Å². The van der Waals surface area contributed by atoms with Crippen molar-refractivity contribution in [3.8, 4) is 27.9 Å². The highest BCUT2D eigenvalue weighted by Gasteiger charge is 2.30. The van der Waals surface area contributed by atoms with Crippen LogP contribution in [0.5, 0.6) is 0 Å². The van der Waals surface area contributed by atoms with Crippen molar-refractivity contribution < 1.29 is 0 Å². The molecule has 9 aromatic carbocycles. The maximum atomic E-state index is 2.51. The maximum Gasteiger partial charge on any atom is 0.0633 e. The lowest BCUT2D eigenvalue weighted by atomic mass is 9.86. The number of thiophene rings is 1. The highest BCUT2D eigenvalue weighted by molar-refractivity contribution is 7.26. The van der Waals surface area contributed by atoms with Crippen molar-refractivity contribution in [1.82, 2.24) is 4.57 Å². The molecule has 2 nitrogen and oxygen atoms in total. The lowest BCUT2D eigenvalue weighted by Gasteiger charge is -2.34. The standard InChI is InChI=1S/C50H30N2S/c1-2-14-33(15-3-1)51-45-22-11-19-37-34(25-26-38(48(37)45)39-27-29-47-49(50(39)51)40-18-7-9-23-46(40)53-47)32-24-28-44-41(30-32)36-17-6-8-20-43(36)52(44)42-21-10-13-31-12-4-5-16-35(31)42/h1-30H. The average Bonchev–Trinajstić information content (AvgIpc) is 3.77. The van der Waals surface area contributed by atoms with E-state index in [0.717, 1.165) is 0 Å². The Bertz CT molecular complexity index is 3290. The highest BCUT2D eigenvalue weighted by Crippen LogP contribution is 2.56. The minimum atomic E-state index is 1.17. The molecule has 0 N–H and O–H groups in total. The lowest BCUT2D eigenvalue weighted by Crippen LogP contribution is -2.15. The molecule has 0 amide bonds. The lowest BCUT2D eigenvalue weighted by molar-refractivity contribution is 1.20. The molecule has 0 fully saturated rings. The second kappa shape index (κ2) is 10.9. The Morgan fingerprint density at radius 2 is 1.06 bits per heavy atom. The minimum absolute atomic E-state index is 1.17. The van der Waals surface area contributed by atoms with Gasteiger partial charge < -0.3 is 9.47 Å². The largest absolute Gasteiger partial charge is 0.309 e. The van der Waals surface area contributed by atoms with Crippen molar-refractivity contribution in [3.05, 3.63) is 182 Å². The Morgan fingerprint density at radius 3 is 1.98 bits per heavy atom. The number of nitrogens with zero attached hydrogens (tertiary/aromatic N) is 2. The van der Waals surface area contributed by atoms with Crippen LogP contribution in [-0.2, 0) is 0 Å². The van der Waals surface area contributed by atoms with Gasteiger partial charge in [-0.3, -0.25) is 0 Å². The number of hydrogen-bond acceptors (Lipinski definition) is 2. The summed E-state index contributed by atoms with van der Waals surface area (Å²) in [5.41, 5.74) is 12.3. The first-order valence-electron chi connectivity index (χ1n) is 18.2. The molecule has 0 atom stereocenters. The zero-order valence-corrected chi connectivity index (χ0v) is 29.4. The van der Waals surface area contributed by atoms with Crippen LogP contribution in [0.15, 0.2) is 182 Å². The zero-order chi connectivity index (χ0) is 34.6. The van der Waals surface area contributed by atoms with Crippen molar-refractivity contribution >= 4 is 91.9 Å². The Kier molecular flexibility index (Phi) is 5.96. The first-order valence-corrected chi connectivity index (χ1v) is 19.0. The van der Waals surface area contributed by atoms with Gasteiger partial charge in [-0.05, 0) is 82.1 Å². The average molecular weight is 691 g/mol. The predicted octanol–water partition coefficient (Wildman–Crippen LogP) is 14.6. The summed E-state index contributed by atoms with van der Waals surface area (Å²) in [6.07, 6.45) is 0. The number of benzene rings is 9. The van der Waals surface area contributed by atoms with Crippen molar-refractivity contribution in [2.24, 2.45) is 0 Å². The van der Waals surface area contributed by atoms with Gasteiger partial charge in [0.05, 0.1) is 28.1 Å². The third kappa shape index (κ3) is 4.03. The van der Waals surface area contributed by atoms with Gasteiger partial charge in [0.2, 0.25) is 0 Å². The van der Waals surface area contributed by atoms with Crippen LogP contribution in [0.4, 0.5) is 17.1 Å².